The number of carbonyl (C=O) groups excluding carboxylic acids is 3. The predicted molar refractivity (Wildman–Crippen MR) is 143 cm³/mol. The Morgan fingerprint density at radius 3 is 2.16 bits per heavy atom. The van der Waals surface area contributed by atoms with E-state index in [2.05, 4.69) is 43.2 Å². The zero-order valence-corrected chi connectivity index (χ0v) is 22.2. The first-order valence-electron chi connectivity index (χ1n) is 13.5. The minimum absolute atomic E-state index is 0.000598. The molecule has 0 bridgehead atoms. The first-order chi connectivity index (χ1) is 17.8. The third-order valence-electron chi connectivity index (χ3n) is 8.12. The van der Waals surface area contributed by atoms with Gasteiger partial charge in [0.1, 0.15) is 12.1 Å². The highest BCUT2D eigenvalue weighted by atomic mass is 16.2. The van der Waals surface area contributed by atoms with Gasteiger partial charge in [-0.25, -0.2) is 0 Å². The Hall–Kier alpha value is -3.19. The number of nitrogens with zero attached hydrogens (tertiary/aromatic N) is 3. The second kappa shape index (κ2) is 10.7. The molecule has 2 aromatic carbocycles. The zero-order valence-electron chi connectivity index (χ0n) is 22.2. The number of hydrogen-bond acceptors (Lipinski definition) is 4. The molecule has 1 N–H and O–H groups in total. The number of hydrogen-bond donors (Lipinski definition) is 1. The van der Waals surface area contributed by atoms with E-state index in [0.717, 1.165) is 44.6 Å². The van der Waals surface area contributed by atoms with Crippen molar-refractivity contribution in [1.29, 1.82) is 0 Å². The Labute approximate surface area is 219 Å². The third kappa shape index (κ3) is 5.42. The van der Waals surface area contributed by atoms with Gasteiger partial charge in [-0.1, -0.05) is 50.2 Å². The standard InChI is InChI=1S/C30H38N4O3/c1-20(2)16-26-28(35)31-27(25-17-23-6-4-5-7-24(23)18-25)30(37)34(26)19-21-8-10-22(11-9-21)29(36)33-14-12-32(3)13-15-33/h4-11,20,25-27H,12-19H2,1-3H3,(H,31,35)/t26-,27+/m0/s1. The molecule has 3 aliphatic rings. The summed E-state index contributed by atoms with van der Waals surface area (Å²) >= 11 is 0. The molecule has 2 fully saturated rings. The number of rotatable bonds is 6. The monoisotopic (exact) mass is 502 g/mol. The Kier molecular flexibility index (Phi) is 7.33. The van der Waals surface area contributed by atoms with E-state index in [9.17, 15) is 14.4 Å². The minimum atomic E-state index is -0.513. The highest BCUT2D eigenvalue weighted by Crippen LogP contribution is 2.32. The average Bonchev–Trinajstić information content (AvgIpc) is 3.32. The molecule has 2 atom stereocenters. The van der Waals surface area contributed by atoms with E-state index in [1.54, 1.807) is 4.90 Å². The molecule has 7 nitrogen and oxygen atoms in total. The summed E-state index contributed by atoms with van der Waals surface area (Å²) in [6.07, 6.45) is 2.23. The van der Waals surface area contributed by atoms with Gasteiger partial charge in [-0.05, 0) is 67.0 Å². The van der Waals surface area contributed by atoms with Crippen molar-refractivity contribution in [3.63, 3.8) is 0 Å². The molecule has 0 unspecified atom stereocenters. The number of fused-ring (bicyclic) bond motifs is 1. The van der Waals surface area contributed by atoms with Crippen LogP contribution in [0.3, 0.4) is 0 Å². The molecule has 2 saturated heterocycles. The molecular formula is C30H38N4O3. The third-order valence-corrected chi connectivity index (χ3v) is 8.12. The number of likely N-dealkylation sites (N-methyl/N-ethyl adjacent to an activating group) is 1. The van der Waals surface area contributed by atoms with Crippen molar-refractivity contribution in [2.45, 2.75) is 51.7 Å². The van der Waals surface area contributed by atoms with Crippen LogP contribution in [0.2, 0.25) is 0 Å². The first-order valence-corrected chi connectivity index (χ1v) is 13.5. The van der Waals surface area contributed by atoms with Gasteiger partial charge in [-0.3, -0.25) is 14.4 Å². The molecule has 5 rings (SSSR count). The maximum absolute atomic E-state index is 13.9. The molecule has 2 aromatic rings. The summed E-state index contributed by atoms with van der Waals surface area (Å²) in [5.41, 5.74) is 4.13. The Balaban J connectivity index is 1.32. The van der Waals surface area contributed by atoms with Crippen LogP contribution in [0, 0.1) is 11.8 Å². The number of piperazine rings is 2. The van der Waals surface area contributed by atoms with Gasteiger partial charge >= 0.3 is 0 Å². The highest BCUT2D eigenvalue weighted by molar-refractivity contribution is 5.97. The van der Waals surface area contributed by atoms with E-state index in [1.165, 1.54) is 11.1 Å². The quantitative estimate of drug-likeness (QED) is 0.659. The van der Waals surface area contributed by atoms with Crippen molar-refractivity contribution in [2.24, 2.45) is 11.8 Å². The number of amides is 3. The molecule has 0 radical (unpaired) electrons. The largest absolute Gasteiger partial charge is 0.342 e. The van der Waals surface area contributed by atoms with Crippen molar-refractivity contribution in [2.75, 3.05) is 33.2 Å². The van der Waals surface area contributed by atoms with Gasteiger partial charge in [0.15, 0.2) is 0 Å². The SMILES string of the molecule is CC(C)C[C@H]1C(=O)N[C@H](C2Cc3ccccc3C2)C(=O)N1Cc1ccc(C(=O)N2CCN(C)CC2)cc1. The second-order valence-electron chi connectivity index (χ2n) is 11.3. The normalized spacial score (nSPS) is 22.9. The molecule has 2 aliphatic heterocycles. The van der Waals surface area contributed by atoms with Gasteiger partial charge in [0.05, 0.1) is 0 Å². The van der Waals surface area contributed by atoms with Crippen LogP contribution in [-0.4, -0.2) is 77.7 Å². The van der Waals surface area contributed by atoms with Crippen molar-refractivity contribution in [3.05, 3.63) is 70.8 Å². The van der Waals surface area contributed by atoms with Crippen LogP contribution in [0.15, 0.2) is 48.5 Å². The topological polar surface area (TPSA) is 73.0 Å². The fraction of sp³-hybridized carbons (Fsp3) is 0.500. The van der Waals surface area contributed by atoms with Crippen molar-refractivity contribution < 1.29 is 14.4 Å². The molecule has 37 heavy (non-hydrogen) atoms. The van der Waals surface area contributed by atoms with Crippen LogP contribution in [0.25, 0.3) is 0 Å². The summed E-state index contributed by atoms with van der Waals surface area (Å²) in [7, 11) is 2.07. The van der Waals surface area contributed by atoms with Crippen LogP contribution in [-0.2, 0) is 29.0 Å². The van der Waals surface area contributed by atoms with Gasteiger partial charge in [0, 0.05) is 38.3 Å². The summed E-state index contributed by atoms with van der Waals surface area (Å²) in [5.74, 6) is 0.338. The van der Waals surface area contributed by atoms with E-state index in [-0.39, 0.29) is 29.6 Å². The fourth-order valence-electron chi connectivity index (χ4n) is 5.94. The molecular weight excluding hydrogens is 464 g/mol. The summed E-state index contributed by atoms with van der Waals surface area (Å²) < 4.78 is 0. The van der Waals surface area contributed by atoms with Gasteiger partial charge in [-0.2, -0.15) is 0 Å². The van der Waals surface area contributed by atoms with Crippen molar-refractivity contribution in [3.8, 4) is 0 Å². The zero-order chi connectivity index (χ0) is 26.1. The molecule has 7 heteroatoms. The minimum Gasteiger partial charge on any atom is -0.342 e. The Morgan fingerprint density at radius 2 is 1.57 bits per heavy atom. The summed E-state index contributed by atoms with van der Waals surface area (Å²) in [4.78, 5) is 46.0. The van der Waals surface area contributed by atoms with Crippen LogP contribution < -0.4 is 5.32 Å². The van der Waals surface area contributed by atoms with Gasteiger partial charge in [0.25, 0.3) is 5.91 Å². The summed E-state index contributed by atoms with van der Waals surface area (Å²) in [6.45, 7) is 7.75. The van der Waals surface area contributed by atoms with E-state index in [4.69, 9.17) is 0 Å². The molecule has 0 saturated carbocycles. The van der Waals surface area contributed by atoms with E-state index in [1.807, 2.05) is 41.3 Å². The van der Waals surface area contributed by atoms with Crippen molar-refractivity contribution in [1.82, 2.24) is 20.0 Å². The second-order valence-corrected chi connectivity index (χ2v) is 11.3. The summed E-state index contributed by atoms with van der Waals surface area (Å²) in [5, 5.41) is 3.09. The van der Waals surface area contributed by atoms with Crippen LogP contribution in [0.1, 0.15) is 47.3 Å². The molecule has 0 aromatic heterocycles. The van der Waals surface area contributed by atoms with E-state index in [0.29, 0.717) is 18.5 Å². The summed E-state index contributed by atoms with van der Waals surface area (Å²) in [6, 6.07) is 14.9. The Bertz CT molecular complexity index is 1130. The maximum Gasteiger partial charge on any atom is 0.253 e. The fourth-order valence-corrected chi connectivity index (χ4v) is 5.94. The highest BCUT2D eigenvalue weighted by Gasteiger charge is 2.45. The smallest absolute Gasteiger partial charge is 0.253 e. The maximum atomic E-state index is 13.9. The molecule has 1 aliphatic carbocycles. The average molecular weight is 503 g/mol. The van der Waals surface area contributed by atoms with Gasteiger partial charge < -0.3 is 20.0 Å². The lowest BCUT2D eigenvalue weighted by molar-refractivity contribution is -0.152. The molecule has 0 spiro atoms. The number of carbonyl (C=O) groups is 3. The van der Waals surface area contributed by atoms with Crippen LogP contribution in [0.5, 0.6) is 0 Å². The first kappa shape index (κ1) is 25.5. The number of nitrogens with one attached hydrogen (secondary N) is 1. The van der Waals surface area contributed by atoms with Gasteiger partial charge in [0.2, 0.25) is 11.8 Å². The van der Waals surface area contributed by atoms with Crippen molar-refractivity contribution >= 4 is 17.7 Å². The number of benzene rings is 2. The van der Waals surface area contributed by atoms with Gasteiger partial charge in [-0.15, -0.1) is 0 Å². The van der Waals surface area contributed by atoms with Crippen LogP contribution >= 0.6 is 0 Å². The van der Waals surface area contributed by atoms with E-state index < -0.39 is 12.1 Å². The predicted octanol–water partition coefficient (Wildman–Crippen LogP) is 2.73. The molecule has 3 amide bonds. The lowest BCUT2D eigenvalue weighted by Crippen LogP contribution is -2.65. The molecule has 2 heterocycles. The van der Waals surface area contributed by atoms with Crippen LogP contribution in [0.4, 0.5) is 0 Å². The Morgan fingerprint density at radius 1 is 0.946 bits per heavy atom. The lowest BCUT2D eigenvalue weighted by Gasteiger charge is -2.41. The lowest BCUT2D eigenvalue weighted by atomic mass is 9.90. The molecule has 196 valence electrons. The van der Waals surface area contributed by atoms with E-state index >= 15 is 0 Å².